The van der Waals surface area contributed by atoms with Gasteiger partial charge in [0, 0.05) is 23.3 Å². The van der Waals surface area contributed by atoms with Crippen molar-refractivity contribution < 1.29 is 9.53 Å². The molecule has 0 aliphatic carbocycles. The Balaban J connectivity index is 2.07. The third-order valence-corrected chi connectivity index (χ3v) is 2.93. The lowest BCUT2D eigenvalue weighted by molar-refractivity contribution is 0.0520. The molecule has 1 aromatic carbocycles. The summed E-state index contributed by atoms with van der Waals surface area (Å²) in [7, 11) is 0. The van der Waals surface area contributed by atoms with Crippen LogP contribution in [0.5, 0.6) is 0 Å². The fourth-order valence-electron chi connectivity index (χ4n) is 2.01. The second-order valence-electron chi connectivity index (χ2n) is 4.18. The number of H-pyrrole nitrogens is 1. The van der Waals surface area contributed by atoms with Crippen LogP contribution in [0.15, 0.2) is 36.7 Å². The second-order valence-corrected chi connectivity index (χ2v) is 4.18. The van der Waals surface area contributed by atoms with Gasteiger partial charge in [-0.3, -0.25) is 4.98 Å². The van der Waals surface area contributed by atoms with E-state index in [0.29, 0.717) is 12.3 Å². The standard InChI is InChI=1S/C14H12N4O2/c1-2-20-14(19)13-12(16-18-17-13)10-4-3-9-5-6-15-8-11(9)7-10/h3-8H,2H2,1H3,(H,16,17,18). The van der Waals surface area contributed by atoms with Gasteiger partial charge in [0.2, 0.25) is 0 Å². The topological polar surface area (TPSA) is 80.8 Å². The first-order valence-corrected chi connectivity index (χ1v) is 6.21. The van der Waals surface area contributed by atoms with E-state index >= 15 is 0 Å². The van der Waals surface area contributed by atoms with Crippen molar-refractivity contribution in [3.05, 3.63) is 42.4 Å². The Morgan fingerprint density at radius 2 is 2.15 bits per heavy atom. The van der Waals surface area contributed by atoms with E-state index in [9.17, 15) is 4.79 Å². The number of esters is 1. The minimum atomic E-state index is -0.484. The molecule has 3 aromatic rings. The predicted molar refractivity (Wildman–Crippen MR) is 73.1 cm³/mol. The number of carbonyl (C=O) groups excluding carboxylic acids is 1. The van der Waals surface area contributed by atoms with E-state index < -0.39 is 5.97 Å². The number of hydrogen-bond donors (Lipinski definition) is 1. The van der Waals surface area contributed by atoms with Crippen molar-refractivity contribution in [3.63, 3.8) is 0 Å². The van der Waals surface area contributed by atoms with Crippen LogP contribution in [-0.4, -0.2) is 33.0 Å². The van der Waals surface area contributed by atoms with Crippen molar-refractivity contribution in [2.45, 2.75) is 6.92 Å². The summed E-state index contributed by atoms with van der Waals surface area (Å²) in [6.45, 7) is 2.05. The number of fused-ring (bicyclic) bond motifs is 1. The molecule has 2 heterocycles. The van der Waals surface area contributed by atoms with Gasteiger partial charge in [0.05, 0.1) is 6.61 Å². The van der Waals surface area contributed by atoms with Gasteiger partial charge in [-0.05, 0) is 24.4 Å². The molecule has 3 rings (SSSR count). The maximum Gasteiger partial charge on any atom is 0.361 e. The number of carbonyl (C=O) groups is 1. The van der Waals surface area contributed by atoms with Crippen LogP contribution in [0.4, 0.5) is 0 Å². The van der Waals surface area contributed by atoms with E-state index in [2.05, 4.69) is 20.4 Å². The van der Waals surface area contributed by atoms with Crippen molar-refractivity contribution in [2.24, 2.45) is 0 Å². The molecule has 0 saturated carbocycles. The maximum absolute atomic E-state index is 11.8. The summed E-state index contributed by atoms with van der Waals surface area (Å²) >= 11 is 0. The monoisotopic (exact) mass is 268 g/mol. The SMILES string of the molecule is CCOC(=O)c1n[nH]nc1-c1ccc2ccncc2c1. The molecule has 0 aliphatic rings. The van der Waals surface area contributed by atoms with E-state index in [0.717, 1.165) is 16.3 Å². The van der Waals surface area contributed by atoms with Crippen LogP contribution in [0.2, 0.25) is 0 Å². The highest BCUT2D eigenvalue weighted by atomic mass is 16.5. The molecule has 6 heteroatoms. The minimum absolute atomic E-state index is 0.190. The average Bonchev–Trinajstić information content (AvgIpc) is 2.96. The van der Waals surface area contributed by atoms with Gasteiger partial charge >= 0.3 is 5.97 Å². The fourth-order valence-corrected chi connectivity index (χ4v) is 2.01. The summed E-state index contributed by atoms with van der Waals surface area (Å²) in [5.41, 5.74) is 1.46. The molecule has 0 atom stereocenters. The highest BCUT2D eigenvalue weighted by molar-refractivity contribution is 5.95. The molecule has 0 fully saturated rings. The number of benzene rings is 1. The molecule has 0 saturated heterocycles. The number of hydrogen-bond acceptors (Lipinski definition) is 5. The van der Waals surface area contributed by atoms with E-state index in [1.54, 1.807) is 19.3 Å². The summed E-state index contributed by atoms with van der Waals surface area (Å²) in [5, 5.41) is 12.4. The summed E-state index contributed by atoms with van der Waals surface area (Å²) in [6, 6.07) is 7.69. The fraction of sp³-hybridized carbons (Fsp3) is 0.143. The van der Waals surface area contributed by atoms with Gasteiger partial charge in [-0.1, -0.05) is 12.1 Å². The lowest BCUT2D eigenvalue weighted by atomic mass is 10.1. The Labute approximate surface area is 114 Å². The number of ether oxygens (including phenoxy) is 1. The molecule has 6 nitrogen and oxygen atoms in total. The van der Waals surface area contributed by atoms with Crippen molar-refractivity contribution in [1.82, 2.24) is 20.4 Å². The molecule has 100 valence electrons. The Hall–Kier alpha value is -2.76. The van der Waals surface area contributed by atoms with Gasteiger partial charge in [0.25, 0.3) is 0 Å². The van der Waals surface area contributed by atoms with Gasteiger partial charge in [-0.2, -0.15) is 10.3 Å². The Kier molecular flexibility index (Phi) is 3.12. The molecule has 0 unspecified atom stereocenters. The van der Waals surface area contributed by atoms with E-state index in [-0.39, 0.29) is 5.69 Å². The summed E-state index contributed by atoms with van der Waals surface area (Å²) in [5.74, 6) is -0.484. The zero-order valence-electron chi connectivity index (χ0n) is 10.8. The normalized spacial score (nSPS) is 10.7. The number of nitrogens with zero attached hydrogens (tertiary/aromatic N) is 3. The summed E-state index contributed by atoms with van der Waals surface area (Å²) in [4.78, 5) is 15.9. The van der Waals surface area contributed by atoms with Gasteiger partial charge in [0.15, 0.2) is 5.69 Å². The molecule has 0 spiro atoms. The minimum Gasteiger partial charge on any atom is -0.461 e. The molecule has 0 amide bonds. The van der Waals surface area contributed by atoms with Crippen LogP contribution >= 0.6 is 0 Å². The zero-order chi connectivity index (χ0) is 13.9. The largest absolute Gasteiger partial charge is 0.461 e. The number of pyridine rings is 1. The molecule has 0 aliphatic heterocycles. The van der Waals surface area contributed by atoms with Crippen molar-refractivity contribution in [3.8, 4) is 11.3 Å². The first-order valence-electron chi connectivity index (χ1n) is 6.21. The first kappa shape index (κ1) is 12.3. The smallest absolute Gasteiger partial charge is 0.361 e. The van der Waals surface area contributed by atoms with Crippen LogP contribution < -0.4 is 0 Å². The van der Waals surface area contributed by atoms with Crippen LogP contribution in [0, 0.1) is 0 Å². The van der Waals surface area contributed by atoms with E-state index in [1.165, 1.54) is 0 Å². The van der Waals surface area contributed by atoms with Crippen LogP contribution in [-0.2, 0) is 4.74 Å². The highest BCUT2D eigenvalue weighted by Crippen LogP contribution is 2.24. The van der Waals surface area contributed by atoms with Gasteiger partial charge in [-0.25, -0.2) is 4.79 Å². The van der Waals surface area contributed by atoms with Gasteiger partial charge in [0.1, 0.15) is 5.69 Å². The first-order chi connectivity index (χ1) is 9.79. The lowest BCUT2D eigenvalue weighted by Gasteiger charge is -2.03. The molecule has 2 aromatic heterocycles. The molecule has 1 N–H and O–H groups in total. The lowest BCUT2D eigenvalue weighted by Crippen LogP contribution is -2.06. The molecular formula is C14H12N4O2. The van der Waals surface area contributed by atoms with E-state index in [1.807, 2.05) is 24.3 Å². The third kappa shape index (κ3) is 2.11. The number of aromatic amines is 1. The van der Waals surface area contributed by atoms with Crippen molar-refractivity contribution in [2.75, 3.05) is 6.61 Å². The van der Waals surface area contributed by atoms with Gasteiger partial charge < -0.3 is 4.74 Å². The second kappa shape index (κ2) is 5.08. The number of aromatic nitrogens is 4. The molecular weight excluding hydrogens is 256 g/mol. The van der Waals surface area contributed by atoms with E-state index in [4.69, 9.17) is 4.74 Å². The summed E-state index contributed by atoms with van der Waals surface area (Å²) < 4.78 is 4.96. The summed E-state index contributed by atoms with van der Waals surface area (Å²) in [6.07, 6.45) is 3.51. The average molecular weight is 268 g/mol. The number of rotatable bonds is 3. The van der Waals surface area contributed by atoms with Crippen LogP contribution in [0.1, 0.15) is 17.4 Å². The quantitative estimate of drug-likeness (QED) is 0.736. The van der Waals surface area contributed by atoms with Crippen molar-refractivity contribution in [1.29, 1.82) is 0 Å². The number of nitrogens with one attached hydrogen (secondary N) is 1. The Morgan fingerprint density at radius 1 is 1.25 bits per heavy atom. The van der Waals surface area contributed by atoms with Crippen LogP contribution in [0.25, 0.3) is 22.0 Å². The van der Waals surface area contributed by atoms with Crippen LogP contribution in [0.3, 0.4) is 0 Å². The molecule has 0 radical (unpaired) electrons. The third-order valence-electron chi connectivity index (χ3n) is 2.93. The maximum atomic E-state index is 11.8. The molecule has 20 heavy (non-hydrogen) atoms. The molecule has 0 bridgehead atoms. The Bertz CT molecular complexity index is 766. The predicted octanol–water partition coefficient (Wildman–Crippen LogP) is 2.20. The Morgan fingerprint density at radius 3 is 3.00 bits per heavy atom. The van der Waals surface area contributed by atoms with Gasteiger partial charge in [-0.15, -0.1) is 5.10 Å². The highest BCUT2D eigenvalue weighted by Gasteiger charge is 2.19. The van der Waals surface area contributed by atoms with Crippen molar-refractivity contribution >= 4 is 16.7 Å². The zero-order valence-corrected chi connectivity index (χ0v) is 10.8.